The maximum Gasteiger partial charge on any atom is 0.0107 e. The zero-order chi connectivity index (χ0) is 6.81. The molecular weight excluding hydrogens is 122 g/mol. The van der Waals surface area contributed by atoms with Crippen molar-refractivity contribution in [2.75, 3.05) is 6.54 Å². The van der Waals surface area contributed by atoms with Crippen LogP contribution in [0.5, 0.6) is 0 Å². The molecule has 2 aliphatic rings. The van der Waals surface area contributed by atoms with Crippen LogP contribution in [0, 0.1) is 5.92 Å². The molecular formula is C9H17N. The maximum absolute atomic E-state index is 3.52. The van der Waals surface area contributed by atoms with E-state index in [9.17, 15) is 0 Å². The summed E-state index contributed by atoms with van der Waals surface area (Å²) in [6.07, 6.45) is 8.91. The monoisotopic (exact) mass is 139 g/mol. The second-order valence-corrected chi connectivity index (χ2v) is 3.75. The topological polar surface area (TPSA) is 12.0 Å². The molecule has 0 spiro atoms. The van der Waals surface area contributed by atoms with E-state index in [0.29, 0.717) is 0 Å². The molecule has 1 unspecified atom stereocenters. The van der Waals surface area contributed by atoms with Gasteiger partial charge in [0.25, 0.3) is 0 Å². The Balaban J connectivity index is 1.78. The first-order valence-electron chi connectivity index (χ1n) is 4.70. The lowest BCUT2D eigenvalue weighted by Gasteiger charge is -2.37. The predicted molar refractivity (Wildman–Crippen MR) is 43.0 cm³/mol. The van der Waals surface area contributed by atoms with E-state index in [-0.39, 0.29) is 0 Å². The normalized spacial score (nSPS) is 35.4. The molecule has 0 aromatic carbocycles. The average molecular weight is 139 g/mol. The Kier molecular flexibility index (Phi) is 1.94. The Labute approximate surface area is 63.2 Å². The smallest absolute Gasteiger partial charge is 0.0107 e. The number of nitrogens with one attached hydrogen (secondary N) is 1. The summed E-state index contributed by atoms with van der Waals surface area (Å²) in [5, 5.41) is 3.52. The van der Waals surface area contributed by atoms with Crippen molar-refractivity contribution in [2.45, 2.75) is 44.6 Å². The van der Waals surface area contributed by atoms with Gasteiger partial charge in [-0.2, -0.15) is 0 Å². The highest BCUT2D eigenvalue weighted by Crippen LogP contribution is 2.29. The van der Waals surface area contributed by atoms with Gasteiger partial charge < -0.3 is 5.32 Å². The maximum atomic E-state index is 3.52. The molecule has 1 nitrogen and oxygen atoms in total. The predicted octanol–water partition coefficient (Wildman–Crippen LogP) is 1.93. The van der Waals surface area contributed by atoms with Gasteiger partial charge in [-0.05, 0) is 31.7 Å². The van der Waals surface area contributed by atoms with Crippen molar-refractivity contribution in [1.82, 2.24) is 5.32 Å². The molecule has 2 rings (SSSR count). The van der Waals surface area contributed by atoms with Gasteiger partial charge in [0.15, 0.2) is 0 Å². The van der Waals surface area contributed by atoms with Gasteiger partial charge in [-0.25, -0.2) is 0 Å². The molecule has 1 heteroatoms. The molecule has 0 aromatic rings. The number of hydrogen-bond donors (Lipinski definition) is 1. The lowest BCUT2D eigenvalue weighted by Crippen LogP contribution is -2.48. The van der Waals surface area contributed by atoms with Gasteiger partial charge in [0.05, 0.1) is 0 Å². The second kappa shape index (κ2) is 2.91. The summed E-state index contributed by atoms with van der Waals surface area (Å²) in [7, 11) is 0. The standard InChI is InChI=1S/C9H17N/c1-2-4-8(5-3-1)9-6-7-10-9/h8-10H,1-7H2. The summed E-state index contributed by atoms with van der Waals surface area (Å²) in [6, 6.07) is 0.917. The number of hydrogen-bond acceptors (Lipinski definition) is 1. The van der Waals surface area contributed by atoms with Crippen LogP contribution in [-0.2, 0) is 0 Å². The summed E-state index contributed by atoms with van der Waals surface area (Å²) in [5.74, 6) is 1.04. The van der Waals surface area contributed by atoms with Crippen LogP contribution in [0.3, 0.4) is 0 Å². The first kappa shape index (κ1) is 6.66. The van der Waals surface area contributed by atoms with E-state index in [1.165, 1.54) is 45.1 Å². The summed E-state index contributed by atoms with van der Waals surface area (Å²) in [4.78, 5) is 0. The molecule has 0 amide bonds. The molecule has 0 aromatic heterocycles. The fourth-order valence-corrected chi connectivity index (χ4v) is 2.25. The molecule has 1 saturated carbocycles. The minimum Gasteiger partial charge on any atom is -0.314 e. The highest BCUT2D eigenvalue weighted by atomic mass is 15.0. The Morgan fingerprint density at radius 1 is 0.900 bits per heavy atom. The van der Waals surface area contributed by atoms with Gasteiger partial charge in [-0.3, -0.25) is 0 Å². The van der Waals surface area contributed by atoms with Crippen molar-refractivity contribution in [3.05, 3.63) is 0 Å². The van der Waals surface area contributed by atoms with Crippen LogP contribution in [-0.4, -0.2) is 12.6 Å². The third-order valence-corrected chi connectivity index (χ3v) is 3.08. The first-order chi connectivity index (χ1) is 4.97. The minimum absolute atomic E-state index is 0.917. The zero-order valence-electron chi connectivity index (χ0n) is 6.60. The van der Waals surface area contributed by atoms with Crippen molar-refractivity contribution < 1.29 is 0 Å². The van der Waals surface area contributed by atoms with Gasteiger partial charge in [0.2, 0.25) is 0 Å². The van der Waals surface area contributed by atoms with Crippen LogP contribution in [0.25, 0.3) is 0 Å². The molecule has 1 aliphatic carbocycles. The van der Waals surface area contributed by atoms with Crippen LogP contribution in [0.1, 0.15) is 38.5 Å². The average Bonchev–Trinajstić information content (AvgIpc) is 1.86. The largest absolute Gasteiger partial charge is 0.314 e. The Hall–Kier alpha value is -0.0400. The van der Waals surface area contributed by atoms with Crippen LogP contribution >= 0.6 is 0 Å². The SMILES string of the molecule is C1CCC(C2CCN2)CC1. The van der Waals surface area contributed by atoms with Gasteiger partial charge in [-0.1, -0.05) is 19.3 Å². The van der Waals surface area contributed by atoms with Gasteiger partial charge in [-0.15, -0.1) is 0 Å². The third-order valence-electron chi connectivity index (χ3n) is 3.08. The zero-order valence-corrected chi connectivity index (χ0v) is 6.60. The van der Waals surface area contributed by atoms with E-state index < -0.39 is 0 Å². The van der Waals surface area contributed by atoms with Gasteiger partial charge in [0, 0.05) is 6.04 Å². The molecule has 1 aliphatic heterocycles. The van der Waals surface area contributed by atoms with Crippen molar-refractivity contribution in [3.63, 3.8) is 0 Å². The highest BCUT2D eigenvalue weighted by molar-refractivity contribution is 4.85. The van der Waals surface area contributed by atoms with Crippen molar-refractivity contribution >= 4 is 0 Å². The third kappa shape index (κ3) is 1.20. The summed E-state index contributed by atoms with van der Waals surface area (Å²) in [5.41, 5.74) is 0. The van der Waals surface area contributed by atoms with E-state index in [1.54, 1.807) is 0 Å². The summed E-state index contributed by atoms with van der Waals surface area (Å²) in [6.45, 7) is 1.28. The van der Waals surface area contributed by atoms with Crippen LogP contribution in [0.4, 0.5) is 0 Å². The molecule has 1 saturated heterocycles. The van der Waals surface area contributed by atoms with E-state index in [2.05, 4.69) is 5.32 Å². The Morgan fingerprint density at radius 2 is 1.60 bits per heavy atom. The molecule has 1 heterocycles. The Morgan fingerprint density at radius 3 is 2.10 bits per heavy atom. The molecule has 1 N–H and O–H groups in total. The van der Waals surface area contributed by atoms with Gasteiger partial charge in [0.1, 0.15) is 0 Å². The molecule has 2 fully saturated rings. The van der Waals surface area contributed by atoms with Crippen LogP contribution in [0.15, 0.2) is 0 Å². The van der Waals surface area contributed by atoms with Crippen molar-refractivity contribution in [1.29, 1.82) is 0 Å². The lowest BCUT2D eigenvalue weighted by molar-refractivity contribution is 0.207. The van der Waals surface area contributed by atoms with E-state index in [0.717, 1.165) is 12.0 Å². The van der Waals surface area contributed by atoms with Crippen LogP contribution < -0.4 is 5.32 Å². The van der Waals surface area contributed by atoms with E-state index in [4.69, 9.17) is 0 Å². The van der Waals surface area contributed by atoms with E-state index >= 15 is 0 Å². The lowest BCUT2D eigenvalue weighted by atomic mass is 9.80. The highest BCUT2D eigenvalue weighted by Gasteiger charge is 2.27. The molecule has 0 bridgehead atoms. The van der Waals surface area contributed by atoms with Crippen molar-refractivity contribution in [2.24, 2.45) is 5.92 Å². The van der Waals surface area contributed by atoms with Gasteiger partial charge >= 0.3 is 0 Å². The fraction of sp³-hybridized carbons (Fsp3) is 1.00. The fourth-order valence-electron chi connectivity index (χ4n) is 2.25. The summed E-state index contributed by atoms with van der Waals surface area (Å²) < 4.78 is 0. The minimum atomic E-state index is 0.917. The molecule has 1 atom stereocenters. The molecule has 0 radical (unpaired) electrons. The summed E-state index contributed by atoms with van der Waals surface area (Å²) >= 11 is 0. The first-order valence-corrected chi connectivity index (χ1v) is 4.70. The number of rotatable bonds is 1. The molecule has 10 heavy (non-hydrogen) atoms. The molecule has 58 valence electrons. The quantitative estimate of drug-likeness (QED) is 0.585. The van der Waals surface area contributed by atoms with E-state index in [1.807, 2.05) is 0 Å². The van der Waals surface area contributed by atoms with Crippen LogP contribution in [0.2, 0.25) is 0 Å². The Bertz CT molecular complexity index is 101. The van der Waals surface area contributed by atoms with Crippen molar-refractivity contribution in [3.8, 4) is 0 Å². The second-order valence-electron chi connectivity index (χ2n) is 3.75.